The molecule has 0 unspecified atom stereocenters. The van der Waals surface area contributed by atoms with Crippen molar-refractivity contribution in [2.75, 3.05) is 0 Å². The van der Waals surface area contributed by atoms with Crippen molar-refractivity contribution in [2.24, 2.45) is 0 Å². The second-order valence-corrected chi connectivity index (χ2v) is 6.61. The molecular weight excluding hydrogens is 334 g/mol. The van der Waals surface area contributed by atoms with Crippen molar-refractivity contribution in [1.29, 1.82) is 0 Å². The number of aromatic nitrogens is 1. The predicted molar refractivity (Wildman–Crippen MR) is 106 cm³/mol. The van der Waals surface area contributed by atoms with Crippen LogP contribution in [0.25, 0.3) is 33.3 Å². The van der Waals surface area contributed by atoms with E-state index in [9.17, 15) is 9.90 Å². The summed E-state index contributed by atoms with van der Waals surface area (Å²) >= 11 is 0. The van der Waals surface area contributed by atoms with E-state index in [1.807, 2.05) is 85.8 Å². The Labute approximate surface area is 157 Å². The number of carboxylic acids is 1. The second kappa shape index (κ2) is 7.04. The highest BCUT2D eigenvalue weighted by Crippen LogP contribution is 2.37. The molecule has 0 aliphatic heterocycles. The van der Waals surface area contributed by atoms with E-state index < -0.39 is 5.97 Å². The van der Waals surface area contributed by atoms with Crippen LogP contribution in [0.5, 0.6) is 0 Å². The summed E-state index contributed by atoms with van der Waals surface area (Å²) in [5.74, 6) is -1.11. The number of pyridine rings is 1. The molecule has 27 heavy (non-hydrogen) atoms. The summed E-state index contributed by atoms with van der Waals surface area (Å²) in [6.45, 7) is 2.02. The average Bonchev–Trinajstić information content (AvgIpc) is 2.68. The van der Waals surface area contributed by atoms with Crippen LogP contribution in [0, 0.1) is 6.92 Å². The Balaban J connectivity index is 2.11. The molecule has 0 aliphatic carbocycles. The van der Waals surface area contributed by atoms with Crippen molar-refractivity contribution in [3.05, 3.63) is 90.0 Å². The fraction of sp³-hybridized carbons (Fsp3) is 0.0833. The summed E-state index contributed by atoms with van der Waals surface area (Å²) in [6.07, 6.45) is -0.189. The van der Waals surface area contributed by atoms with Crippen molar-refractivity contribution in [3.8, 4) is 22.4 Å². The normalized spacial score (nSPS) is 10.9. The molecule has 3 nitrogen and oxygen atoms in total. The number of aliphatic carboxylic acids is 1. The average molecular weight is 352 g/mol. The molecule has 0 atom stereocenters. The van der Waals surface area contributed by atoms with E-state index in [0.717, 1.165) is 33.2 Å². The standard InChI is InChI=1S/C24H19NO2/c1-16-11-13-18(14-12-16)24-20(15-22(26)27)23(17-7-3-2-4-8-17)19-9-5-6-10-21(19)25-24/h2-14H,15H2,1H3,(H,26,27)/p-1. The van der Waals surface area contributed by atoms with Crippen LogP contribution in [0.2, 0.25) is 0 Å². The molecule has 0 spiro atoms. The third kappa shape index (κ3) is 3.32. The minimum absolute atomic E-state index is 0.189. The maximum atomic E-state index is 11.6. The van der Waals surface area contributed by atoms with Crippen molar-refractivity contribution in [2.45, 2.75) is 13.3 Å². The zero-order valence-electron chi connectivity index (χ0n) is 15.0. The van der Waals surface area contributed by atoms with E-state index in [1.54, 1.807) is 0 Å². The molecule has 0 fully saturated rings. The third-order valence-electron chi connectivity index (χ3n) is 4.70. The summed E-state index contributed by atoms with van der Waals surface area (Å²) in [4.78, 5) is 16.4. The van der Waals surface area contributed by atoms with Gasteiger partial charge in [0.1, 0.15) is 0 Å². The van der Waals surface area contributed by atoms with Gasteiger partial charge < -0.3 is 9.90 Å². The Kier molecular flexibility index (Phi) is 4.43. The van der Waals surface area contributed by atoms with Gasteiger partial charge in [0.05, 0.1) is 11.2 Å². The maximum absolute atomic E-state index is 11.6. The highest BCUT2D eigenvalue weighted by atomic mass is 16.4. The monoisotopic (exact) mass is 352 g/mol. The number of hydrogen-bond donors (Lipinski definition) is 0. The van der Waals surface area contributed by atoms with Crippen LogP contribution < -0.4 is 5.11 Å². The zero-order chi connectivity index (χ0) is 18.8. The number of nitrogens with zero attached hydrogens (tertiary/aromatic N) is 1. The fourth-order valence-electron chi connectivity index (χ4n) is 3.45. The van der Waals surface area contributed by atoms with E-state index >= 15 is 0 Å². The lowest BCUT2D eigenvalue weighted by atomic mass is 9.90. The van der Waals surface area contributed by atoms with Gasteiger partial charge in [-0.3, -0.25) is 0 Å². The largest absolute Gasteiger partial charge is 0.550 e. The van der Waals surface area contributed by atoms with Crippen molar-refractivity contribution in [1.82, 2.24) is 4.98 Å². The molecule has 0 bridgehead atoms. The number of carbonyl (C=O) groups is 1. The summed E-state index contributed by atoms with van der Waals surface area (Å²) in [5, 5.41) is 12.5. The zero-order valence-corrected chi connectivity index (χ0v) is 15.0. The number of fused-ring (bicyclic) bond motifs is 1. The molecule has 132 valence electrons. The van der Waals surface area contributed by atoms with Crippen LogP contribution in [-0.2, 0) is 11.2 Å². The summed E-state index contributed by atoms with van der Waals surface area (Å²) in [6, 6.07) is 25.7. The van der Waals surface area contributed by atoms with E-state index in [1.165, 1.54) is 0 Å². The molecule has 3 aromatic carbocycles. The topological polar surface area (TPSA) is 53.0 Å². The van der Waals surface area contributed by atoms with Gasteiger partial charge in [0.25, 0.3) is 0 Å². The highest BCUT2D eigenvalue weighted by Gasteiger charge is 2.17. The Morgan fingerprint density at radius 2 is 1.52 bits per heavy atom. The number of carboxylic acid groups (broad SMARTS) is 1. The first-order valence-corrected chi connectivity index (χ1v) is 8.87. The van der Waals surface area contributed by atoms with Gasteiger partial charge in [-0.15, -0.1) is 0 Å². The Hall–Kier alpha value is -3.46. The molecule has 0 saturated heterocycles. The summed E-state index contributed by atoms with van der Waals surface area (Å²) < 4.78 is 0. The van der Waals surface area contributed by atoms with Gasteiger partial charge in [-0.1, -0.05) is 78.4 Å². The second-order valence-electron chi connectivity index (χ2n) is 6.61. The van der Waals surface area contributed by atoms with Crippen LogP contribution in [0.15, 0.2) is 78.9 Å². The van der Waals surface area contributed by atoms with Gasteiger partial charge in [-0.05, 0) is 29.7 Å². The van der Waals surface area contributed by atoms with Crippen molar-refractivity contribution < 1.29 is 9.90 Å². The van der Waals surface area contributed by atoms with Crippen molar-refractivity contribution in [3.63, 3.8) is 0 Å². The van der Waals surface area contributed by atoms with Crippen LogP contribution in [-0.4, -0.2) is 11.0 Å². The van der Waals surface area contributed by atoms with Gasteiger partial charge in [-0.25, -0.2) is 4.98 Å². The lowest BCUT2D eigenvalue weighted by Crippen LogP contribution is -2.25. The first-order valence-electron chi connectivity index (χ1n) is 8.87. The van der Waals surface area contributed by atoms with E-state index in [4.69, 9.17) is 4.98 Å². The maximum Gasteiger partial charge on any atom is 0.0751 e. The SMILES string of the molecule is Cc1ccc(-c2nc3ccccc3c(-c3ccccc3)c2CC(=O)[O-])cc1. The number of hydrogen-bond acceptors (Lipinski definition) is 3. The third-order valence-corrected chi connectivity index (χ3v) is 4.70. The molecule has 0 N–H and O–H groups in total. The number of para-hydroxylation sites is 1. The smallest absolute Gasteiger partial charge is 0.0751 e. The molecule has 0 saturated carbocycles. The van der Waals surface area contributed by atoms with Crippen molar-refractivity contribution >= 4 is 16.9 Å². The molecular formula is C24H18NO2-. The molecule has 0 aliphatic rings. The highest BCUT2D eigenvalue weighted by molar-refractivity contribution is 6.00. The molecule has 0 radical (unpaired) electrons. The first kappa shape index (κ1) is 17.0. The Morgan fingerprint density at radius 3 is 2.22 bits per heavy atom. The van der Waals surface area contributed by atoms with Crippen LogP contribution in [0.4, 0.5) is 0 Å². The van der Waals surface area contributed by atoms with Gasteiger partial charge in [0, 0.05) is 23.3 Å². The Bertz CT molecular complexity index is 1120. The Morgan fingerprint density at radius 1 is 0.852 bits per heavy atom. The quantitative estimate of drug-likeness (QED) is 0.554. The minimum atomic E-state index is -1.11. The van der Waals surface area contributed by atoms with Gasteiger partial charge in [0.2, 0.25) is 0 Å². The number of benzene rings is 3. The van der Waals surface area contributed by atoms with Gasteiger partial charge in [0.15, 0.2) is 0 Å². The summed E-state index contributed by atoms with van der Waals surface area (Å²) in [7, 11) is 0. The van der Waals surface area contributed by atoms with Gasteiger partial charge >= 0.3 is 0 Å². The molecule has 4 rings (SSSR count). The van der Waals surface area contributed by atoms with Gasteiger partial charge in [-0.2, -0.15) is 0 Å². The fourth-order valence-corrected chi connectivity index (χ4v) is 3.45. The summed E-state index contributed by atoms with van der Waals surface area (Å²) in [5.41, 5.74) is 6.14. The molecule has 1 aromatic heterocycles. The first-order chi connectivity index (χ1) is 13.1. The van der Waals surface area contributed by atoms with E-state index in [0.29, 0.717) is 11.3 Å². The van der Waals surface area contributed by atoms with E-state index in [-0.39, 0.29) is 6.42 Å². The molecule has 4 aromatic rings. The number of aryl methyl sites for hydroxylation is 1. The number of rotatable bonds is 4. The predicted octanol–water partition coefficient (Wildman–Crippen LogP) is 4.17. The lowest BCUT2D eigenvalue weighted by molar-refractivity contribution is -0.304. The van der Waals surface area contributed by atoms with E-state index in [2.05, 4.69) is 0 Å². The molecule has 1 heterocycles. The minimum Gasteiger partial charge on any atom is -0.550 e. The van der Waals surface area contributed by atoms with Crippen LogP contribution in [0.1, 0.15) is 11.1 Å². The van der Waals surface area contributed by atoms with Crippen LogP contribution >= 0.6 is 0 Å². The lowest BCUT2D eigenvalue weighted by Gasteiger charge is -2.18. The number of carbonyl (C=O) groups excluding carboxylic acids is 1. The van der Waals surface area contributed by atoms with Crippen LogP contribution in [0.3, 0.4) is 0 Å². The molecule has 0 amide bonds. The molecule has 3 heteroatoms.